The van der Waals surface area contributed by atoms with Crippen LogP contribution >= 0.6 is 0 Å². The van der Waals surface area contributed by atoms with Crippen LogP contribution in [0.5, 0.6) is 0 Å². The van der Waals surface area contributed by atoms with E-state index >= 15 is 0 Å². The van der Waals surface area contributed by atoms with Crippen molar-refractivity contribution in [2.75, 3.05) is 19.3 Å². The number of aromatic amines is 1. The van der Waals surface area contributed by atoms with Crippen LogP contribution in [0.4, 0.5) is 14.6 Å². The fraction of sp³-hybridized carbons (Fsp3) is 0.324. The predicted molar refractivity (Wildman–Crippen MR) is 182 cm³/mol. The fourth-order valence-corrected chi connectivity index (χ4v) is 7.00. The molecule has 0 fully saturated rings. The standard InChI is InChI=1S/C37H39F2N7/c1-21(2)37-44-34(35-36(40)41-19-30(46(35)37)23-12-15-25(16-13-23)45(4)20-31(38)39)28-17-14-24(26-9-5-6-10-27(26)28)18-32-42-29-11-7-8-22(3)33(29)43-32/h5-12,14,17,19,21,25,31H,13,15-16,18,20H2,1-4H3,(H2,40,41)(H,42,43). The van der Waals surface area contributed by atoms with Crippen molar-refractivity contribution in [2.24, 2.45) is 0 Å². The van der Waals surface area contributed by atoms with E-state index in [4.69, 9.17) is 15.7 Å². The molecule has 1 atom stereocenters. The SMILES string of the molecule is Cc1cccc2[nH]c(Cc3ccc(-c4nc(C(C)C)n5c(C6=CCC(N(C)CC(F)F)CC6)cnc(N)c45)c4ccccc34)nc12. The highest BCUT2D eigenvalue weighted by atomic mass is 19.3. The summed E-state index contributed by atoms with van der Waals surface area (Å²) in [7, 11) is 1.78. The van der Waals surface area contributed by atoms with E-state index in [0.29, 0.717) is 18.7 Å². The topological polar surface area (TPSA) is 88.1 Å². The predicted octanol–water partition coefficient (Wildman–Crippen LogP) is 8.16. The molecule has 7 rings (SSSR count). The number of H-pyrrole nitrogens is 1. The zero-order chi connectivity index (χ0) is 32.1. The number of allylic oxidation sites excluding steroid dienone is 1. The van der Waals surface area contributed by atoms with Crippen LogP contribution in [0.15, 0.2) is 66.9 Å². The third kappa shape index (κ3) is 5.32. The van der Waals surface area contributed by atoms with Gasteiger partial charge in [-0.3, -0.25) is 9.30 Å². The number of rotatable bonds is 8. The number of fused-ring (bicyclic) bond motifs is 3. The summed E-state index contributed by atoms with van der Waals surface area (Å²) in [6.45, 7) is 6.15. The van der Waals surface area contributed by atoms with Gasteiger partial charge in [-0.2, -0.15) is 0 Å². The number of imidazole rings is 2. The Morgan fingerprint density at radius 3 is 2.57 bits per heavy atom. The highest BCUT2D eigenvalue weighted by Crippen LogP contribution is 2.39. The van der Waals surface area contributed by atoms with Crippen molar-refractivity contribution in [3.05, 3.63) is 95.3 Å². The van der Waals surface area contributed by atoms with Crippen molar-refractivity contribution >= 4 is 38.7 Å². The molecule has 7 nitrogen and oxygen atoms in total. The van der Waals surface area contributed by atoms with Gasteiger partial charge in [-0.15, -0.1) is 0 Å². The Balaban J connectivity index is 1.32. The second-order valence-electron chi connectivity index (χ2n) is 12.8. The molecule has 0 radical (unpaired) electrons. The van der Waals surface area contributed by atoms with E-state index in [1.807, 2.05) is 12.3 Å². The normalized spacial score (nSPS) is 15.7. The average Bonchev–Trinajstić information content (AvgIpc) is 3.65. The summed E-state index contributed by atoms with van der Waals surface area (Å²) in [5, 5.41) is 2.23. The van der Waals surface area contributed by atoms with Crippen molar-refractivity contribution in [3.63, 3.8) is 0 Å². The second kappa shape index (κ2) is 11.9. The van der Waals surface area contributed by atoms with Crippen LogP contribution in [-0.4, -0.2) is 55.3 Å². The lowest BCUT2D eigenvalue weighted by atomic mass is 9.92. The van der Waals surface area contributed by atoms with Crippen LogP contribution in [0.3, 0.4) is 0 Å². The van der Waals surface area contributed by atoms with Gasteiger partial charge in [0.15, 0.2) is 0 Å². The second-order valence-corrected chi connectivity index (χ2v) is 12.8. The molecule has 46 heavy (non-hydrogen) atoms. The smallest absolute Gasteiger partial charge is 0.251 e. The number of halogens is 2. The third-order valence-electron chi connectivity index (χ3n) is 9.38. The molecule has 3 heterocycles. The van der Waals surface area contributed by atoms with Gasteiger partial charge in [0.2, 0.25) is 0 Å². The number of aromatic nitrogens is 5. The molecule has 6 aromatic rings. The molecule has 236 valence electrons. The van der Waals surface area contributed by atoms with Gasteiger partial charge in [-0.05, 0) is 66.8 Å². The first kappa shape index (κ1) is 30.0. The molecule has 3 N–H and O–H groups in total. The molecule has 0 amide bonds. The van der Waals surface area contributed by atoms with Crippen LogP contribution < -0.4 is 5.73 Å². The summed E-state index contributed by atoms with van der Waals surface area (Å²) >= 11 is 0. The molecule has 3 aromatic carbocycles. The number of nitrogens with one attached hydrogen (secondary N) is 1. The van der Waals surface area contributed by atoms with Crippen molar-refractivity contribution < 1.29 is 8.78 Å². The number of hydrogen-bond acceptors (Lipinski definition) is 5. The van der Waals surface area contributed by atoms with Gasteiger partial charge in [0.1, 0.15) is 28.7 Å². The van der Waals surface area contributed by atoms with E-state index in [9.17, 15) is 8.78 Å². The summed E-state index contributed by atoms with van der Waals surface area (Å²) in [6, 6.07) is 19.0. The Morgan fingerprint density at radius 2 is 1.85 bits per heavy atom. The first-order valence-corrected chi connectivity index (χ1v) is 16.0. The van der Waals surface area contributed by atoms with Crippen molar-refractivity contribution in [3.8, 4) is 11.3 Å². The Bertz CT molecular complexity index is 2110. The molecule has 9 heteroatoms. The van der Waals surface area contributed by atoms with Crippen LogP contribution in [0.2, 0.25) is 0 Å². The minimum atomic E-state index is -2.34. The zero-order valence-corrected chi connectivity index (χ0v) is 26.7. The maximum absolute atomic E-state index is 13.0. The van der Waals surface area contributed by atoms with Crippen LogP contribution in [-0.2, 0) is 6.42 Å². The highest BCUT2D eigenvalue weighted by molar-refractivity contribution is 6.02. The Hall–Kier alpha value is -4.63. The van der Waals surface area contributed by atoms with Crippen LogP contribution in [0.1, 0.15) is 67.5 Å². The number of benzene rings is 3. The number of para-hydroxylation sites is 1. The fourth-order valence-electron chi connectivity index (χ4n) is 7.00. The quantitative estimate of drug-likeness (QED) is 0.179. The van der Waals surface area contributed by atoms with Crippen molar-refractivity contribution in [1.29, 1.82) is 0 Å². The van der Waals surface area contributed by atoms with E-state index in [2.05, 4.69) is 89.7 Å². The van der Waals surface area contributed by atoms with Crippen molar-refractivity contribution in [1.82, 2.24) is 29.2 Å². The number of alkyl halides is 2. The molecular formula is C37H39F2N7. The van der Waals surface area contributed by atoms with Crippen molar-refractivity contribution in [2.45, 2.75) is 64.8 Å². The lowest BCUT2D eigenvalue weighted by Gasteiger charge is -2.30. The van der Waals surface area contributed by atoms with Gasteiger partial charge >= 0.3 is 0 Å². The summed E-state index contributed by atoms with van der Waals surface area (Å²) in [5.74, 6) is 2.39. The Morgan fingerprint density at radius 1 is 1.04 bits per heavy atom. The summed E-state index contributed by atoms with van der Waals surface area (Å²) in [4.78, 5) is 20.1. The maximum Gasteiger partial charge on any atom is 0.251 e. The van der Waals surface area contributed by atoms with Gasteiger partial charge < -0.3 is 10.7 Å². The van der Waals surface area contributed by atoms with E-state index in [-0.39, 0.29) is 18.5 Å². The van der Waals surface area contributed by atoms with Gasteiger partial charge in [-0.25, -0.2) is 23.7 Å². The molecule has 0 aliphatic heterocycles. The van der Waals surface area contributed by atoms with E-state index in [1.165, 1.54) is 5.56 Å². The molecule has 1 aliphatic carbocycles. The third-order valence-corrected chi connectivity index (χ3v) is 9.38. The minimum Gasteiger partial charge on any atom is -0.382 e. The van der Waals surface area contributed by atoms with Gasteiger partial charge in [-0.1, -0.05) is 68.5 Å². The number of hydrogen-bond donors (Lipinski definition) is 2. The molecule has 1 unspecified atom stereocenters. The molecule has 0 spiro atoms. The molecule has 3 aromatic heterocycles. The summed E-state index contributed by atoms with van der Waals surface area (Å²) < 4.78 is 28.2. The minimum absolute atomic E-state index is 0.0892. The Labute approximate surface area is 267 Å². The first-order valence-electron chi connectivity index (χ1n) is 16.0. The van der Waals surface area contributed by atoms with E-state index < -0.39 is 6.43 Å². The highest BCUT2D eigenvalue weighted by Gasteiger charge is 2.26. The molecular weight excluding hydrogens is 580 g/mol. The molecule has 1 aliphatic rings. The average molecular weight is 620 g/mol. The van der Waals surface area contributed by atoms with E-state index in [0.717, 1.165) is 79.9 Å². The lowest BCUT2D eigenvalue weighted by Crippen LogP contribution is -2.36. The largest absolute Gasteiger partial charge is 0.382 e. The first-order chi connectivity index (χ1) is 22.2. The number of anilines is 1. The number of nitrogens with two attached hydrogens (primary N) is 1. The maximum atomic E-state index is 13.0. The van der Waals surface area contributed by atoms with E-state index in [1.54, 1.807) is 11.9 Å². The van der Waals surface area contributed by atoms with Crippen LogP contribution in [0, 0.1) is 6.92 Å². The van der Waals surface area contributed by atoms with Gasteiger partial charge in [0.25, 0.3) is 6.43 Å². The number of aryl methyl sites for hydroxylation is 1. The molecule has 0 bridgehead atoms. The van der Waals surface area contributed by atoms with Crippen LogP contribution in [0.25, 0.3) is 44.2 Å². The zero-order valence-electron chi connectivity index (χ0n) is 26.7. The number of nitrogen functional groups attached to an aromatic ring is 1. The molecule has 0 saturated carbocycles. The molecule has 0 saturated heterocycles. The van der Waals surface area contributed by atoms with Gasteiger partial charge in [0, 0.05) is 23.9 Å². The number of nitrogens with zero attached hydrogens (tertiary/aromatic N) is 5. The van der Waals surface area contributed by atoms with Gasteiger partial charge in [0.05, 0.1) is 29.5 Å². The summed E-state index contributed by atoms with van der Waals surface area (Å²) in [6.07, 6.45) is 4.63. The Kier molecular flexibility index (Phi) is 7.80. The monoisotopic (exact) mass is 619 g/mol. The summed E-state index contributed by atoms with van der Waals surface area (Å²) in [5.41, 5.74) is 15.8. The lowest BCUT2D eigenvalue weighted by molar-refractivity contribution is 0.0786.